The molecule has 5 nitrogen and oxygen atoms in total. The van der Waals surface area contributed by atoms with Crippen LogP contribution in [0.2, 0.25) is 0 Å². The minimum absolute atomic E-state index is 0.0631. The fourth-order valence-corrected chi connectivity index (χ4v) is 1.77. The van der Waals surface area contributed by atoms with Crippen molar-refractivity contribution >= 4 is 28.4 Å². The Balaban J connectivity index is 2.87. The maximum Gasteiger partial charge on any atom is 0.372 e. The number of rotatable bonds is 3. The number of Topliss-reactive ketones (excluding diaryl/α,β-unsaturated/α-hetero) is 1. The Morgan fingerprint density at radius 1 is 1.41 bits per heavy atom. The van der Waals surface area contributed by atoms with Gasteiger partial charge in [-0.2, -0.15) is 0 Å². The lowest BCUT2D eigenvalue weighted by molar-refractivity contribution is 0.0659. The van der Waals surface area contributed by atoms with E-state index in [9.17, 15) is 9.59 Å². The first-order valence-electron chi connectivity index (χ1n) is 5.13. The molecule has 0 aliphatic rings. The maximum absolute atomic E-state index is 11.8. The van der Waals surface area contributed by atoms with E-state index in [0.29, 0.717) is 16.7 Å². The molecule has 0 aliphatic carbocycles. The van der Waals surface area contributed by atoms with Crippen LogP contribution in [0.5, 0.6) is 0 Å². The zero-order chi connectivity index (χ0) is 12.6. The average molecular weight is 233 g/mol. The molecule has 0 amide bonds. The first-order valence-corrected chi connectivity index (χ1v) is 5.13. The van der Waals surface area contributed by atoms with Gasteiger partial charge in [-0.3, -0.25) is 4.79 Å². The molecule has 88 valence electrons. The van der Waals surface area contributed by atoms with Gasteiger partial charge in [-0.1, -0.05) is 13.0 Å². The van der Waals surface area contributed by atoms with Gasteiger partial charge in [0.25, 0.3) is 0 Å². The molecule has 0 saturated heterocycles. The Morgan fingerprint density at radius 3 is 2.71 bits per heavy atom. The molecule has 2 rings (SSSR count). The van der Waals surface area contributed by atoms with Gasteiger partial charge in [0.1, 0.15) is 5.58 Å². The Kier molecular flexibility index (Phi) is 2.59. The molecule has 0 unspecified atom stereocenters. The minimum Gasteiger partial charge on any atom is -0.475 e. The Morgan fingerprint density at radius 2 is 2.12 bits per heavy atom. The highest BCUT2D eigenvalue weighted by molar-refractivity contribution is 6.16. The van der Waals surface area contributed by atoms with E-state index in [1.807, 2.05) is 0 Å². The molecule has 5 heteroatoms. The van der Waals surface area contributed by atoms with Gasteiger partial charge in [0.15, 0.2) is 5.78 Å². The van der Waals surface area contributed by atoms with Crippen LogP contribution in [0, 0.1) is 0 Å². The monoisotopic (exact) mass is 233 g/mol. The second kappa shape index (κ2) is 3.93. The van der Waals surface area contributed by atoms with Gasteiger partial charge in [0.2, 0.25) is 5.76 Å². The highest BCUT2D eigenvalue weighted by Crippen LogP contribution is 2.31. The Bertz CT molecular complexity index is 612. The number of ketones is 1. The van der Waals surface area contributed by atoms with Crippen molar-refractivity contribution in [1.29, 1.82) is 0 Å². The fourth-order valence-electron chi connectivity index (χ4n) is 1.77. The van der Waals surface area contributed by atoms with Crippen LogP contribution < -0.4 is 5.73 Å². The third-order valence-electron chi connectivity index (χ3n) is 2.54. The SMILES string of the molecule is CCC(=O)c1c(C(=O)O)oc2cccc(N)c12. The molecule has 0 saturated carbocycles. The van der Waals surface area contributed by atoms with Crippen molar-refractivity contribution in [3.8, 4) is 0 Å². The largest absolute Gasteiger partial charge is 0.475 e. The number of aromatic carboxylic acids is 1. The van der Waals surface area contributed by atoms with E-state index < -0.39 is 5.97 Å². The van der Waals surface area contributed by atoms with E-state index in [2.05, 4.69) is 0 Å². The topological polar surface area (TPSA) is 93.5 Å². The van der Waals surface area contributed by atoms with Gasteiger partial charge >= 0.3 is 5.97 Å². The number of nitrogens with two attached hydrogens (primary N) is 1. The summed E-state index contributed by atoms with van der Waals surface area (Å²) in [6, 6.07) is 4.84. The molecule has 2 aromatic rings. The first kappa shape index (κ1) is 11.2. The van der Waals surface area contributed by atoms with Crippen molar-refractivity contribution < 1.29 is 19.1 Å². The highest BCUT2D eigenvalue weighted by Gasteiger charge is 2.25. The number of hydrogen-bond acceptors (Lipinski definition) is 4. The first-order chi connectivity index (χ1) is 8.06. The van der Waals surface area contributed by atoms with E-state index in [1.165, 1.54) is 0 Å². The quantitative estimate of drug-likeness (QED) is 0.626. The molecular formula is C12H11NO4. The van der Waals surface area contributed by atoms with E-state index in [0.717, 1.165) is 0 Å². The summed E-state index contributed by atoms with van der Waals surface area (Å²) in [5.74, 6) is -1.90. The smallest absolute Gasteiger partial charge is 0.372 e. The van der Waals surface area contributed by atoms with Crippen molar-refractivity contribution in [2.24, 2.45) is 0 Å². The van der Waals surface area contributed by atoms with Gasteiger partial charge in [-0.25, -0.2) is 4.79 Å². The number of carboxylic acids is 1. The molecule has 17 heavy (non-hydrogen) atoms. The van der Waals surface area contributed by atoms with Crippen molar-refractivity contribution in [1.82, 2.24) is 0 Å². The van der Waals surface area contributed by atoms with Crippen LogP contribution in [0.25, 0.3) is 11.0 Å². The molecule has 0 bridgehead atoms. The van der Waals surface area contributed by atoms with Crippen LogP contribution >= 0.6 is 0 Å². The third-order valence-corrected chi connectivity index (χ3v) is 2.54. The van der Waals surface area contributed by atoms with Gasteiger partial charge in [-0.15, -0.1) is 0 Å². The van der Waals surface area contributed by atoms with Crippen molar-refractivity contribution in [2.75, 3.05) is 5.73 Å². The molecule has 3 N–H and O–H groups in total. The number of carbonyl (C=O) groups is 2. The number of fused-ring (bicyclic) bond motifs is 1. The minimum atomic E-state index is -1.27. The molecule has 0 fully saturated rings. The Labute approximate surface area is 96.8 Å². The molecule has 0 atom stereocenters. The number of benzene rings is 1. The number of hydrogen-bond donors (Lipinski definition) is 2. The van der Waals surface area contributed by atoms with Crippen molar-refractivity contribution in [3.63, 3.8) is 0 Å². The predicted octanol–water partition coefficient (Wildman–Crippen LogP) is 2.31. The van der Waals surface area contributed by atoms with Gasteiger partial charge in [-0.05, 0) is 12.1 Å². The van der Waals surface area contributed by atoms with Crippen LogP contribution in [0.1, 0.15) is 34.3 Å². The number of carbonyl (C=O) groups excluding carboxylic acids is 1. The molecule has 0 aliphatic heterocycles. The van der Waals surface area contributed by atoms with Crippen LogP contribution in [0.15, 0.2) is 22.6 Å². The van der Waals surface area contributed by atoms with E-state index >= 15 is 0 Å². The van der Waals surface area contributed by atoms with Crippen LogP contribution in [-0.4, -0.2) is 16.9 Å². The summed E-state index contributed by atoms with van der Waals surface area (Å²) in [5, 5.41) is 9.40. The zero-order valence-corrected chi connectivity index (χ0v) is 9.19. The van der Waals surface area contributed by atoms with Crippen LogP contribution in [0.3, 0.4) is 0 Å². The van der Waals surface area contributed by atoms with Gasteiger partial charge < -0.3 is 15.3 Å². The van der Waals surface area contributed by atoms with E-state index in [4.69, 9.17) is 15.3 Å². The average Bonchev–Trinajstić information content (AvgIpc) is 2.69. The number of furan rings is 1. The van der Waals surface area contributed by atoms with E-state index in [-0.39, 0.29) is 23.5 Å². The number of anilines is 1. The second-order valence-corrected chi connectivity index (χ2v) is 3.61. The van der Waals surface area contributed by atoms with Crippen molar-refractivity contribution in [3.05, 3.63) is 29.5 Å². The lowest BCUT2D eigenvalue weighted by atomic mass is 10.0. The second-order valence-electron chi connectivity index (χ2n) is 3.61. The molecule has 1 aromatic carbocycles. The van der Waals surface area contributed by atoms with Crippen LogP contribution in [-0.2, 0) is 0 Å². The standard InChI is InChI=1S/C12H11NO4/c1-2-7(14)10-9-6(13)4-3-5-8(9)17-11(10)12(15)16/h3-5H,2,13H2,1H3,(H,15,16). The summed E-state index contributed by atoms with van der Waals surface area (Å²) in [6.07, 6.45) is 0.198. The van der Waals surface area contributed by atoms with Crippen LogP contribution in [0.4, 0.5) is 5.69 Å². The van der Waals surface area contributed by atoms with Gasteiger partial charge in [0, 0.05) is 12.1 Å². The molecule has 1 aromatic heterocycles. The summed E-state index contributed by atoms with van der Waals surface area (Å²) < 4.78 is 5.16. The lowest BCUT2D eigenvalue weighted by Gasteiger charge is -1.98. The van der Waals surface area contributed by atoms with Gasteiger partial charge in [0.05, 0.1) is 10.9 Å². The molecule has 0 spiro atoms. The fraction of sp³-hybridized carbons (Fsp3) is 0.167. The summed E-state index contributed by atoms with van der Waals surface area (Å²) in [5.41, 5.74) is 6.48. The summed E-state index contributed by atoms with van der Waals surface area (Å²) in [6.45, 7) is 1.66. The summed E-state index contributed by atoms with van der Waals surface area (Å²) in [7, 11) is 0. The molecular weight excluding hydrogens is 222 g/mol. The summed E-state index contributed by atoms with van der Waals surface area (Å²) in [4.78, 5) is 22.8. The number of carboxylic acid groups (broad SMARTS) is 1. The normalized spacial score (nSPS) is 10.6. The predicted molar refractivity (Wildman–Crippen MR) is 62.2 cm³/mol. The molecule has 1 heterocycles. The zero-order valence-electron chi connectivity index (χ0n) is 9.19. The summed E-state index contributed by atoms with van der Waals surface area (Å²) >= 11 is 0. The lowest BCUT2D eigenvalue weighted by Crippen LogP contribution is -2.05. The molecule has 0 radical (unpaired) electrons. The number of nitrogen functional groups attached to an aromatic ring is 1. The highest BCUT2D eigenvalue weighted by atomic mass is 16.4. The maximum atomic E-state index is 11.8. The van der Waals surface area contributed by atoms with E-state index in [1.54, 1.807) is 25.1 Å². The van der Waals surface area contributed by atoms with Crippen molar-refractivity contribution in [2.45, 2.75) is 13.3 Å². The third kappa shape index (κ3) is 1.65. The Hall–Kier alpha value is -2.30.